The number of nitriles is 1. The molecule has 1 amide bonds. The molecular weight excluding hydrogens is 432 g/mol. The zero-order valence-corrected chi connectivity index (χ0v) is 18.0. The third-order valence-corrected chi connectivity index (χ3v) is 7.59. The number of fused-ring (bicyclic) bond motifs is 2. The molecule has 2 heterocycles. The molecule has 0 bridgehead atoms. The number of rotatable bonds is 3. The van der Waals surface area contributed by atoms with E-state index in [1.807, 2.05) is 17.5 Å². The molecule has 9 heteroatoms. The van der Waals surface area contributed by atoms with E-state index in [1.165, 1.54) is 23.5 Å². The lowest BCUT2D eigenvalue weighted by Gasteiger charge is -2.21. The van der Waals surface area contributed by atoms with Gasteiger partial charge in [0.15, 0.2) is 5.01 Å². The fourth-order valence-corrected chi connectivity index (χ4v) is 5.54. The standard InChI is InChI=1S/C22H18N4O3S2/c23-11-21-25-19(12-30-21)15-2-1-14-7-17(9-16(14)8-15)22(27)26-6-5-13-3-4-18(10-20(13)26)31(24,28)29/h1-4,8,10,12,17H,5-7,9H2,(H2,24,28,29). The van der Waals surface area contributed by atoms with Crippen LogP contribution in [0, 0.1) is 17.2 Å². The molecule has 0 radical (unpaired) electrons. The van der Waals surface area contributed by atoms with Crippen molar-refractivity contribution in [3.05, 3.63) is 63.5 Å². The minimum absolute atomic E-state index is 0.00324. The van der Waals surface area contributed by atoms with E-state index in [4.69, 9.17) is 10.4 Å². The highest BCUT2D eigenvalue weighted by Gasteiger charge is 2.34. The van der Waals surface area contributed by atoms with Gasteiger partial charge in [-0.3, -0.25) is 4.79 Å². The van der Waals surface area contributed by atoms with Crippen LogP contribution in [0.5, 0.6) is 0 Å². The molecule has 2 N–H and O–H groups in total. The van der Waals surface area contributed by atoms with Gasteiger partial charge in [0, 0.05) is 29.1 Å². The summed E-state index contributed by atoms with van der Waals surface area (Å²) in [4.78, 5) is 19.4. The first-order valence-corrected chi connectivity index (χ1v) is 12.2. The summed E-state index contributed by atoms with van der Waals surface area (Å²) in [6.45, 7) is 0.538. The van der Waals surface area contributed by atoms with Gasteiger partial charge < -0.3 is 4.90 Å². The first-order chi connectivity index (χ1) is 14.8. The number of primary sulfonamides is 1. The van der Waals surface area contributed by atoms with Crippen LogP contribution in [0.15, 0.2) is 46.7 Å². The Balaban J connectivity index is 1.39. The lowest BCUT2D eigenvalue weighted by atomic mass is 10.0. The monoisotopic (exact) mass is 450 g/mol. The molecule has 0 saturated heterocycles. The van der Waals surface area contributed by atoms with Crippen LogP contribution in [0.4, 0.5) is 5.69 Å². The number of hydrogen-bond donors (Lipinski definition) is 1. The zero-order valence-electron chi connectivity index (χ0n) is 16.4. The number of hydrogen-bond acceptors (Lipinski definition) is 6. The smallest absolute Gasteiger partial charge is 0.238 e. The highest BCUT2D eigenvalue weighted by Crippen LogP contribution is 2.36. The summed E-state index contributed by atoms with van der Waals surface area (Å²) < 4.78 is 23.5. The first-order valence-electron chi connectivity index (χ1n) is 9.78. The number of thiazole rings is 1. The minimum Gasteiger partial charge on any atom is -0.312 e. The van der Waals surface area contributed by atoms with E-state index >= 15 is 0 Å². The SMILES string of the molecule is N#Cc1nc(-c2ccc3c(c2)CC(C(=O)N2CCc4ccc(S(N)(=O)=O)cc42)C3)cs1. The summed E-state index contributed by atoms with van der Waals surface area (Å²) in [6, 6.07) is 12.8. The lowest BCUT2D eigenvalue weighted by Crippen LogP contribution is -2.35. The van der Waals surface area contributed by atoms with Gasteiger partial charge in [-0.2, -0.15) is 5.26 Å². The molecule has 2 aliphatic rings. The van der Waals surface area contributed by atoms with Crippen molar-refractivity contribution in [1.29, 1.82) is 5.26 Å². The molecule has 0 fully saturated rings. The number of sulfonamides is 1. The van der Waals surface area contributed by atoms with Crippen LogP contribution in [0.25, 0.3) is 11.3 Å². The van der Waals surface area contributed by atoms with Crippen LogP contribution in [0.2, 0.25) is 0 Å². The van der Waals surface area contributed by atoms with Gasteiger partial charge in [0.1, 0.15) is 6.07 Å². The number of anilines is 1. The fourth-order valence-electron chi connectivity index (χ4n) is 4.40. The Morgan fingerprint density at radius 2 is 1.94 bits per heavy atom. The third-order valence-electron chi connectivity index (χ3n) is 5.93. The highest BCUT2D eigenvalue weighted by atomic mass is 32.2. The number of nitrogens with two attached hydrogens (primary N) is 1. The summed E-state index contributed by atoms with van der Waals surface area (Å²) in [5, 5.41) is 16.6. The second-order valence-electron chi connectivity index (χ2n) is 7.81. The molecule has 1 unspecified atom stereocenters. The van der Waals surface area contributed by atoms with Crippen molar-refractivity contribution in [3.63, 3.8) is 0 Å². The van der Waals surface area contributed by atoms with E-state index in [9.17, 15) is 13.2 Å². The number of aromatic nitrogens is 1. The lowest BCUT2D eigenvalue weighted by molar-refractivity contribution is -0.122. The van der Waals surface area contributed by atoms with Crippen LogP contribution >= 0.6 is 11.3 Å². The Labute approximate surface area is 183 Å². The van der Waals surface area contributed by atoms with Gasteiger partial charge in [0.05, 0.1) is 10.6 Å². The Bertz CT molecular complexity index is 1370. The number of nitrogens with zero attached hydrogens (tertiary/aromatic N) is 3. The molecule has 3 aromatic rings. The average molecular weight is 451 g/mol. The van der Waals surface area contributed by atoms with Gasteiger partial charge >= 0.3 is 0 Å². The predicted octanol–water partition coefficient (Wildman–Crippen LogP) is 2.63. The fraction of sp³-hybridized carbons (Fsp3) is 0.227. The molecule has 1 aromatic heterocycles. The maximum atomic E-state index is 13.3. The van der Waals surface area contributed by atoms with Crippen LogP contribution < -0.4 is 10.0 Å². The van der Waals surface area contributed by atoms with Crippen molar-refractivity contribution < 1.29 is 13.2 Å². The Morgan fingerprint density at radius 1 is 1.16 bits per heavy atom. The quantitative estimate of drug-likeness (QED) is 0.658. The first kappa shape index (κ1) is 19.9. The molecule has 156 valence electrons. The van der Waals surface area contributed by atoms with Gasteiger partial charge in [-0.05, 0) is 54.2 Å². The Kier molecular flexibility index (Phi) is 4.66. The molecule has 1 atom stereocenters. The number of carbonyl (C=O) groups excluding carboxylic acids is 1. The highest BCUT2D eigenvalue weighted by molar-refractivity contribution is 7.89. The maximum absolute atomic E-state index is 13.3. The zero-order chi connectivity index (χ0) is 21.8. The van der Waals surface area contributed by atoms with Crippen molar-refractivity contribution in [1.82, 2.24) is 4.98 Å². The summed E-state index contributed by atoms with van der Waals surface area (Å²) in [6.07, 6.45) is 1.97. The second-order valence-corrected chi connectivity index (χ2v) is 10.2. The molecular formula is C22H18N4O3S2. The number of carbonyl (C=O) groups is 1. The summed E-state index contributed by atoms with van der Waals surface area (Å²) in [5.41, 5.74) is 5.54. The second kappa shape index (κ2) is 7.27. The van der Waals surface area contributed by atoms with Crippen LogP contribution in [-0.2, 0) is 34.1 Å². The van der Waals surface area contributed by atoms with Crippen molar-refractivity contribution in [2.24, 2.45) is 11.1 Å². The van der Waals surface area contributed by atoms with Gasteiger partial charge in [-0.15, -0.1) is 11.3 Å². The Hall–Kier alpha value is -3.06. The van der Waals surface area contributed by atoms with E-state index < -0.39 is 10.0 Å². The van der Waals surface area contributed by atoms with E-state index in [1.54, 1.807) is 11.0 Å². The number of benzene rings is 2. The van der Waals surface area contributed by atoms with E-state index in [0.29, 0.717) is 36.5 Å². The largest absolute Gasteiger partial charge is 0.312 e. The van der Waals surface area contributed by atoms with Crippen molar-refractivity contribution in [3.8, 4) is 17.3 Å². The van der Waals surface area contributed by atoms with Gasteiger partial charge in [0.2, 0.25) is 15.9 Å². The predicted molar refractivity (Wildman–Crippen MR) is 117 cm³/mol. The van der Waals surface area contributed by atoms with Gasteiger partial charge in [-0.25, -0.2) is 18.5 Å². The van der Waals surface area contributed by atoms with Gasteiger partial charge in [0.25, 0.3) is 0 Å². The molecule has 1 aliphatic heterocycles. The average Bonchev–Trinajstić information content (AvgIpc) is 3.48. The van der Waals surface area contributed by atoms with Crippen LogP contribution in [0.1, 0.15) is 21.7 Å². The van der Waals surface area contributed by atoms with Crippen molar-refractivity contribution in [2.75, 3.05) is 11.4 Å². The van der Waals surface area contributed by atoms with Crippen LogP contribution in [0.3, 0.4) is 0 Å². The molecule has 0 saturated carbocycles. The molecule has 31 heavy (non-hydrogen) atoms. The molecule has 1 aliphatic carbocycles. The van der Waals surface area contributed by atoms with Crippen LogP contribution in [-0.4, -0.2) is 25.9 Å². The molecule has 7 nitrogen and oxygen atoms in total. The summed E-state index contributed by atoms with van der Waals surface area (Å²) in [5.74, 6) is -0.192. The maximum Gasteiger partial charge on any atom is 0.238 e. The molecule has 5 rings (SSSR count). The third kappa shape index (κ3) is 3.53. The topological polar surface area (TPSA) is 117 Å². The minimum atomic E-state index is -3.83. The summed E-state index contributed by atoms with van der Waals surface area (Å²) in [7, 11) is -3.83. The van der Waals surface area contributed by atoms with Gasteiger partial charge in [-0.1, -0.05) is 18.2 Å². The number of amides is 1. The Morgan fingerprint density at radius 3 is 2.68 bits per heavy atom. The normalized spacial score (nSPS) is 17.3. The van der Waals surface area contributed by atoms with E-state index in [-0.39, 0.29) is 16.7 Å². The molecule has 0 spiro atoms. The van der Waals surface area contributed by atoms with E-state index in [0.717, 1.165) is 27.9 Å². The van der Waals surface area contributed by atoms with E-state index in [2.05, 4.69) is 17.1 Å². The van der Waals surface area contributed by atoms with Crippen molar-refractivity contribution >= 4 is 33.0 Å². The molecule has 2 aromatic carbocycles. The van der Waals surface area contributed by atoms with Crippen molar-refractivity contribution in [2.45, 2.75) is 24.2 Å². The summed E-state index contributed by atoms with van der Waals surface area (Å²) >= 11 is 1.31.